The molecule has 18 heavy (non-hydrogen) atoms. The molecule has 1 amide bonds. The maximum absolute atomic E-state index is 13.9. The fraction of sp³-hybridized carbons (Fsp3) is 0.429. The highest BCUT2D eigenvalue weighted by atomic mass is 19.1. The van der Waals surface area contributed by atoms with E-state index in [4.69, 9.17) is 5.26 Å². The van der Waals surface area contributed by atoms with Crippen LogP contribution in [0.2, 0.25) is 0 Å². The normalized spacial score (nSPS) is 19.1. The van der Waals surface area contributed by atoms with Gasteiger partial charge in [-0.25, -0.2) is 4.39 Å². The van der Waals surface area contributed by atoms with Gasteiger partial charge in [-0.3, -0.25) is 4.79 Å². The van der Waals surface area contributed by atoms with Gasteiger partial charge in [0.15, 0.2) is 0 Å². The summed E-state index contributed by atoms with van der Waals surface area (Å²) in [5.74, 6) is -0.0592. The van der Waals surface area contributed by atoms with Gasteiger partial charge in [0.05, 0.1) is 5.56 Å². The first-order valence-corrected chi connectivity index (χ1v) is 6.11. The lowest BCUT2D eigenvalue weighted by molar-refractivity contribution is -0.128. The van der Waals surface area contributed by atoms with Crippen molar-refractivity contribution in [1.29, 1.82) is 5.26 Å². The van der Waals surface area contributed by atoms with E-state index in [1.807, 2.05) is 6.07 Å². The van der Waals surface area contributed by atoms with Gasteiger partial charge in [-0.2, -0.15) is 5.26 Å². The van der Waals surface area contributed by atoms with E-state index in [1.165, 1.54) is 6.07 Å². The number of nitrogens with zero attached hydrogens (tertiary/aromatic N) is 2. The average Bonchev–Trinajstić information content (AvgIpc) is 2.73. The molecule has 1 atom stereocenters. The first kappa shape index (κ1) is 12.6. The molecule has 4 heteroatoms. The SMILES string of the molecule is CCC1CC(=O)N(Cc2cccc(C#N)c2F)C1. The van der Waals surface area contributed by atoms with E-state index in [0.717, 1.165) is 6.42 Å². The molecule has 0 radical (unpaired) electrons. The van der Waals surface area contributed by atoms with Gasteiger partial charge >= 0.3 is 0 Å². The highest BCUT2D eigenvalue weighted by Crippen LogP contribution is 2.23. The van der Waals surface area contributed by atoms with Crippen LogP contribution in [0.1, 0.15) is 30.9 Å². The minimum absolute atomic E-state index is 0.0335. The van der Waals surface area contributed by atoms with Gasteiger partial charge in [0, 0.05) is 25.1 Å². The molecule has 0 N–H and O–H groups in total. The maximum Gasteiger partial charge on any atom is 0.223 e. The number of carbonyl (C=O) groups excluding carboxylic acids is 1. The molecule has 1 aromatic rings. The van der Waals surface area contributed by atoms with Gasteiger partial charge < -0.3 is 4.90 Å². The molecule has 1 heterocycles. The average molecular weight is 246 g/mol. The predicted octanol–water partition coefficient (Wildman–Crippen LogP) is 2.46. The monoisotopic (exact) mass is 246 g/mol. The largest absolute Gasteiger partial charge is 0.338 e. The third kappa shape index (κ3) is 2.35. The van der Waals surface area contributed by atoms with Crippen LogP contribution in [-0.4, -0.2) is 17.4 Å². The minimum Gasteiger partial charge on any atom is -0.338 e. The molecule has 1 fully saturated rings. The number of benzene rings is 1. The van der Waals surface area contributed by atoms with Gasteiger partial charge in [0.2, 0.25) is 5.91 Å². The first-order chi connectivity index (χ1) is 8.65. The molecular weight excluding hydrogens is 231 g/mol. The summed E-state index contributed by atoms with van der Waals surface area (Å²) in [6.07, 6.45) is 1.51. The number of carbonyl (C=O) groups is 1. The number of likely N-dealkylation sites (tertiary alicyclic amines) is 1. The van der Waals surface area contributed by atoms with E-state index >= 15 is 0 Å². The van der Waals surface area contributed by atoms with Crippen LogP contribution < -0.4 is 0 Å². The summed E-state index contributed by atoms with van der Waals surface area (Å²) in [5, 5.41) is 8.77. The summed E-state index contributed by atoms with van der Waals surface area (Å²) < 4.78 is 13.9. The highest BCUT2D eigenvalue weighted by Gasteiger charge is 2.28. The van der Waals surface area contributed by atoms with Crippen molar-refractivity contribution >= 4 is 5.91 Å². The van der Waals surface area contributed by atoms with Gasteiger partial charge in [0.1, 0.15) is 11.9 Å². The maximum atomic E-state index is 13.9. The Morgan fingerprint density at radius 1 is 1.56 bits per heavy atom. The summed E-state index contributed by atoms with van der Waals surface area (Å²) in [7, 11) is 0. The van der Waals surface area contributed by atoms with Gasteiger partial charge in [-0.1, -0.05) is 25.5 Å². The van der Waals surface area contributed by atoms with E-state index in [9.17, 15) is 9.18 Å². The summed E-state index contributed by atoms with van der Waals surface area (Å²) in [6.45, 7) is 3.00. The quantitative estimate of drug-likeness (QED) is 0.822. The van der Waals surface area contributed by atoms with Crippen LogP contribution in [0.15, 0.2) is 18.2 Å². The summed E-state index contributed by atoms with van der Waals surface area (Å²) >= 11 is 0. The highest BCUT2D eigenvalue weighted by molar-refractivity contribution is 5.78. The second-order valence-electron chi connectivity index (χ2n) is 4.64. The van der Waals surface area contributed by atoms with Crippen LogP contribution in [0.5, 0.6) is 0 Å². The van der Waals surface area contributed by atoms with Crippen molar-refractivity contribution in [1.82, 2.24) is 4.90 Å². The Morgan fingerprint density at radius 3 is 2.94 bits per heavy atom. The van der Waals surface area contributed by atoms with E-state index < -0.39 is 5.82 Å². The van der Waals surface area contributed by atoms with Gasteiger partial charge in [-0.05, 0) is 12.0 Å². The third-order valence-corrected chi connectivity index (χ3v) is 3.43. The van der Waals surface area contributed by atoms with Gasteiger partial charge in [0.25, 0.3) is 0 Å². The van der Waals surface area contributed by atoms with Crippen molar-refractivity contribution in [2.45, 2.75) is 26.3 Å². The zero-order valence-corrected chi connectivity index (χ0v) is 10.3. The van der Waals surface area contributed by atoms with Crippen LogP contribution in [0.25, 0.3) is 0 Å². The number of rotatable bonds is 3. The van der Waals surface area contributed by atoms with Crippen LogP contribution in [-0.2, 0) is 11.3 Å². The third-order valence-electron chi connectivity index (χ3n) is 3.43. The number of amides is 1. The molecule has 3 nitrogen and oxygen atoms in total. The molecule has 1 aliphatic rings. The van der Waals surface area contributed by atoms with Crippen LogP contribution in [0, 0.1) is 23.1 Å². The molecule has 0 bridgehead atoms. The smallest absolute Gasteiger partial charge is 0.223 e. The number of halogens is 1. The van der Waals surface area contributed by atoms with E-state index in [-0.39, 0.29) is 18.0 Å². The number of hydrogen-bond acceptors (Lipinski definition) is 2. The summed E-state index contributed by atoms with van der Waals surface area (Å²) in [6, 6.07) is 6.53. The lowest BCUT2D eigenvalue weighted by atomic mass is 10.1. The molecule has 0 aromatic heterocycles. The van der Waals surface area contributed by atoms with Crippen molar-refractivity contribution in [3.8, 4) is 6.07 Å². The van der Waals surface area contributed by atoms with Crippen molar-refractivity contribution in [2.24, 2.45) is 5.92 Å². The molecule has 1 unspecified atom stereocenters. The number of nitriles is 1. The second kappa shape index (κ2) is 5.18. The molecule has 94 valence electrons. The Labute approximate surface area is 106 Å². The van der Waals surface area contributed by atoms with Crippen LogP contribution in [0.3, 0.4) is 0 Å². The molecule has 0 saturated carbocycles. The minimum atomic E-state index is -0.507. The molecule has 0 spiro atoms. The Morgan fingerprint density at radius 2 is 2.33 bits per heavy atom. The fourth-order valence-electron chi connectivity index (χ4n) is 2.27. The van der Waals surface area contributed by atoms with Crippen LogP contribution >= 0.6 is 0 Å². The molecule has 1 aliphatic heterocycles. The molecule has 1 aromatic carbocycles. The molecule has 2 rings (SSSR count). The number of hydrogen-bond donors (Lipinski definition) is 0. The second-order valence-corrected chi connectivity index (χ2v) is 4.64. The van der Waals surface area contributed by atoms with Crippen LogP contribution in [0.4, 0.5) is 4.39 Å². The van der Waals surface area contributed by atoms with Crippen molar-refractivity contribution < 1.29 is 9.18 Å². The first-order valence-electron chi connectivity index (χ1n) is 6.11. The standard InChI is InChI=1S/C14H15FN2O/c1-2-10-6-13(18)17(8-10)9-12-5-3-4-11(7-16)14(12)15/h3-5,10H,2,6,8-9H2,1H3. The van der Waals surface area contributed by atoms with E-state index in [2.05, 4.69) is 6.92 Å². The zero-order valence-electron chi connectivity index (χ0n) is 10.3. The Hall–Kier alpha value is -1.89. The summed E-state index contributed by atoms with van der Waals surface area (Å²) in [4.78, 5) is 13.4. The summed E-state index contributed by atoms with van der Waals surface area (Å²) in [5.41, 5.74) is 0.449. The molecule has 1 saturated heterocycles. The van der Waals surface area contributed by atoms with Crippen molar-refractivity contribution in [3.63, 3.8) is 0 Å². The Balaban J connectivity index is 2.16. The van der Waals surface area contributed by atoms with Crippen molar-refractivity contribution in [3.05, 3.63) is 35.1 Å². The Kier molecular flexibility index (Phi) is 3.61. The van der Waals surface area contributed by atoms with E-state index in [1.54, 1.807) is 17.0 Å². The lowest BCUT2D eigenvalue weighted by Gasteiger charge is -2.17. The predicted molar refractivity (Wildman–Crippen MR) is 64.9 cm³/mol. The zero-order chi connectivity index (χ0) is 13.1. The molecular formula is C14H15FN2O. The van der Waals surface area contributed by atoms with E-state index in [0.29, 0.717) is 24.4 Å². The topological polar surface area (TPSA) is 44.1 Å². The van der Waals surface area contributed by atoms with Gasteiger partial charge in [-0.15, -0.1) is 0 Å². The fourth-order valence-corrected chi connectivity index (χ4v) is 2.27. The molecule has 0 aliphatic carbocycles. The van der Waals surface area contributed by atoms with Crippen molar-refractivity contribution in [2.75, 3.05) is 6.54 Å². The Bertz CT molecular complexity index is 507. The lowest BCUT2D eigenvalue weighted by Crippen LogP contribution is -2.25.